The van der Waals surface area contributed by atoms with Crippen molar-refractivity contribution in [3.05, 3.63) is 34.9 Å². The van der Waals surface area contributed by atoms with Gasteiger partial charge in [-0.2, -0.15) is 0 Å². The van der Waals surface area contributed by atoms with Gasteiger partial charge in [-0.3, -0.25) is 9.59 Å². The maximum Gasteiger partial charge on any atom is 0.408 e. The summed E-state index contributed by atoms with van der Waals surface area (Å²) in [4.78, 5) is 41.7. The van der Waals surface area contributed by atoms with E-state index in [1.54, 1.807) is 20.8 Å². The maximum atomic E-state index is 14.0. The Balaban J connectivity index is 3.55. The Morgan fingerprint density at radius 1 is 1.06 bits per heavy atom. The first-order valence-electron chi connectivity index (χ1n) is 13.0. The van der Waals surface area contributed by atoms with Gasteiger partial charge in [0.05, 0.1) is 6.61 Å². The first-order chi connectivity index (χ1) is 16.7. The lowest BCUT2D eigenvalue weighted by Crippen LogP contribution is -2.60. The summed E-state index contributed by atoms with van der Waals surface area (Å²) in [5.74, 6) is -0.839. The molecule has 0 radical (unpaired) electrons. The van der Waals surface area contributed by atoms with E-state index in [1.165, 1.54) is 4.90 Å². The summed E-state index contributed by atoms with van der Waals surface area (Å²) in [6.45, 7) is 16.7. The summed E-state index contributed by atoms with van der Waals surface area (Å²) < 4.78 is 5.30. The minimum absolute atomic E-state index is 0.288. The van der Waals surface area contributed by atoms with Crippen molar-refractivity contribution in [2.24, 2.45) is 0 Å². The number of hydrogen-bond donors (Lipinski definition) is 3. The molecule has 8 heteroatoms. The van der Waals surface area contributed by atoms with Crippen molar-refractivity contribution < 1.29 is 24.2 Å². The van der Waals surface area contributed by atoms with E-state index in [9.17, 15) is 19.5 Å². The zero-order valence-corrected chi connectivity index (χ0v) is 23.7. The van der Waals surface area contributed by atoms with Crippen LogP contribution in [0.3, 0.4) is 0 Å². The molecule has 0 aromatic heterocycles. The fraction of sp³-hybridized carbons (Fsp3) is 0.679. The fourth-order valence-electron chi connectivity index (χ4n) is 3.90. The van der Waals surface area contributed by atoms with Gasteiger partial charge in [0.15, 0.2) is 0 Å². The van der Waals surface area contributed by atoms with Crippen molar-refractivity contribution in [1.82, 2.24) is 15.5 Å². The summed E-state index contributed by atoms with van der Waals surface area (Å²) in [5, 5.41) is 15.6. The van der Waals surface area contributed by atoms with Gasteiger partial charge in [0.1, 0.15) is 17.7 Å². The van der Waals surface area contributed by atoms with Gasteiger partial charge in [-0.1, -0.05) is 44.9 Å². The van der Waals surface area contributed by atoms with Crippen LogP contribution in [0.1, 0.15) is 96.9 Å². The summed E-state index contributed by atoms with van der Waals surface area (Å²) in [6, 6.07) is 3.49. The normalized spacial score (nSPS) is 13.5. The standard InChI is InChI=1S/C28H47N3O5/c1-10-12-13-17-29-24(33)23(21-16-14-15-19(3)20(21)4)31(28(8,9)11-2)25(34)22(18-32)30-26(35)36-27(5,6)7/h14-16,22-23,32H,10-13,17-18H2,1-9H3,(H,29,33)(H,30,35). The van der Waals surface area contributed by atoms with E-state index in [0.717, 1.165) is 30.4 Å². The van der Waals surface area contributed by atoms with Crippen molar-refractivity contribution in [3.8, 4) is 0 Å². The molecule has 2 unspecified atom stereocenters. The van der Waals surface area contributed by atoms with Gasteiger partial charge in [0.2, 0.25) is 11.8 Å². The van der Waals surface area contributed by atoms with Gasteiger partial charge in [0, 0.05) is 12.1 Å². The Morgan fingerprint density at radius 3 is 2.22 bits per heavy atom. The van der Waals surface area contributed by atoms with E-state index < -0.39 is 41.8 Å². The van der Waals surface area contributed by atoms with Crippen molar-refractivity contribution in [1.29, 1.82) is 0 Å². The quantitative estimate of drug-likeness (QED) is 0.361. The van der Waals surface area contributed by atoms with E-state index in [4.69, 9.17) is 4.74 Å². The van der Waals surface area contributed by atoms with Crippen molar-refractivity contribution in [3.63, 3.8) is 0 Å². The number of nitrogens with zero attached hydrogens (tertiary/aromatic N) is 1. The van der Waals surface area contributed by atoms with E-state index in [2.05, 4.69) is 17.6 Å². The van der Waals surface area contributed by atoms with Crippen LogP contribution in [0.4, 0.5) is 4.79 Å². The van der Waals surface area contributed by atoms with Crippen molar-refractivity contribution in [2.75, 3.05) is 13.2 Å². The van der Waals surface area contributed by atoms with Gasteiger partial charge in [0.25, 0.3) is 0 Å². The summed E-state index contributed by atoms with van der Waals surface area (Å²) in [5.41, 5.74) is 1.10. The number of aryl methyl sites for hydroxylation is 1. The van der Waals surface area contributed by atoms with E-state index >= 15 is 0 Å². The monoisotopic (exact) mass is 505 g/mol. The molecule has 8 nitrogen and oxygen atoms in total. The average Bonchev–Trinajstić information content (AvgIpc) is 2.79. The van der Waals surface area contributed by atoms with Crippen LogP contribution in [-0.2, 0) is 14.3 Å². The molecule has 0 aliphatic carbocycles. The van der Waals surface area contributed by atoms with Gasteiger partial charge in [-0.15, -0.1) is 0 Å². The molecule has 0 saturated heterocycles. The van der Waals surface area contributed by atoms with Crippen LogP contribution in [0.5, 0.6) is 0 Å². The van der Waals surface area contributed by atoms with Crippen molar-refractivity contribution in [2.45, 2.75) is 111 Å². The number of aliphatic hydroxyl groups is 1. The SMILES string of the molecule is CCCCCNC(=O)C(c1cccc(C)c1C)N(C(=O)C(CO)NC(=O)OC(C)(C)C)C(C)(C)CC. The molecule has 1 rings (SSSR count). The van der Waals surface area contributed by atoms with Crippen LogP contribution in [-0.4, -0.2) is 58.2 Å². The highest BCUT2D eigenvalue weighted by Gasteiger charge is 2.43. The van der Waals surface area contributed by atoms with Crippen LogP contribution in [0.2, 0.25) is 0 Å². The highest BCUT2D eigenvalue weighted by Crippen LogP contribution is 2.34. The number of carbonyl (C=O) groups is 3. The third-order valence-electron chi connectivity index (χ3n) is 6.45. The van der Waals surface area contributed by atoms with Gasteiger partial charge < -0.3 is 25.4 Å². The van der Waals surface area contributed by atoms with Gasteiger partial charge in [-0.05, 0) is 78.0 Å². The number of amides is 3. The number of aliphatic hydroxyl groups excluding tert-OH is 1. The highest BCUT2D eigenvalue weighted by molar-refractivity contribution is 5.93. The summed E-state index contributed by atoms with van der Waals surface area (Å²) in [7, 11) is 0. The molecule has 3 amide bonds. The molecule has 0 aliphatic rings. The number of unbranched alkanes of at least 4 members (excludes halogenated alkanes) is 2. The lowest BCUT2D eigenvalue weighted by atomic mass is 9.89. The minimum Gasteiger partial charge on any atom is -0.444 e. The van der Waals surface area contributed by atoms with Crippen LogP contribution in [0.15, 0.2) is 18.2 Å². The second-order valence-electron chi connectivity index (χ2n) is 10.9. The van der Waals surface area contributed by atoms with Crippen LogP contribution < -0.4 is 10.6 Å². The number of hydrogen-bond acceptors (Lipinski definition) is 5. The number of rotatable bonds is 12. The summed E-state index contributed by atoms with van der Waals surface area (Å²) >= 11 is 0. The number of carbonyl (C=O) groups excluding carboxylic acids is 3. The van der Waals surface area contributed by atoms with E-state index in [1.807, 2.05) is 52.8 Å². The molecular formula is C28H47N3O5. The molecular weight excluding hydrogens is 458 g/mol. The fourth-order valence-corrected chi connectivity index (χ4v) is 3.90. The molecule has 3 N–H and O–H groups in total. The maximum absolute atomic E-state index is 14.0. The molecule has 1 aromatic carbocycles. The summed E-state index contributed by atoms with van der Waals surface area (Å²) in [6.07, 6.45) is 2.60. The Hall–Kier alpha value is -2.61. The average molecular weight is 506 g/mol. The molecule has 1 aromatic rings. The predicted octanol–water partition coefficient (Wildman–Crippen LogP) is 4.55. The first-order valence-corrected chi connectivity index (χ1v) is 13.0. The lowest BCUT2D eigenvalue weighted by molar-refractivity contribution is -0.150. The zero-order valence-electron chi connectivity index (χ0n) is 23.7. The number of benzene rings is 1. The Bertz CT molecular complexity index is 892. The Labute approximate surface area is 217 Å². The largest absolute Gasteiger partial charge is 0.444 e. The van der Waals surface area contributed by atoms with Crippen LogP contribution >= 0.6 is 0 Å². The molecule has 204 valence electrons. The topological polar surface area (TPSA) is 108 Å². The number of alkyl carbamates (subject to hydrolysis) is 1. The zero-order chi connectivity index (χ0) is 27.7. The third kappa shape index (κ3) is 8.80. The number of ether oxygens (including phenoxy) is 1. The first kappa shape index (κ1) is 31.4. The molecule has 0 saturated carbocycles. The second kappa shape index (κ2) is 13.6. The molecule has 2 atom stereocenters. The molecule has 0 fully saturated rings. The molecule has 0 spiro atoms. The van der Waals surface area contributed by atoms with Crippen molar-refractivity contribution >= 4 is 17.9 Å². The lowest BCUT2D eigenvalue weighted by Gasteiger charge is -2.44. The highest BCUT2D eigenvalue weighted by atomic mass is 16.6. The van der Waals surface area contributed by atoms with E-state index in [0.29, 0.717) is 18.5 Å². The molecule has 36 heavy (non-hydrogen) atoms. The predicted molar refractivity (Wildman–Crippen MR) is 143 cm³/mol. The smallest absolute Gasteiger partial charge is 0.408 e. The van der Waals surface area contributed by atoms with Gasteiger partial charge >= 0.3 is 6.09 Å². The second-order valence-corrected chi connectivity index (χ2v) is 10.9. The molecule has 0 bridgehead atoms. The van der Waals surface area contributed by atoms with Crippen LogP contribution in [0.25, 0.3) is 0 Å². The molecule has 0 heterocycles. The number of nitrogens with one attached hydrogen (secondary N) is 2. The van der Waals surface area contributed by atoms with Crippen LogP contribution in [0, 0.1) is 13.8 Å². The molecule has 0 aliphatic heterocycles. The Morgan fingerprint density at radius 2 is 1.69 bits per heavy atom. The Kier molecular flexibility index (Phi) is 11.9. The third-order valence-corrected chi connectivity index (χ3v) is 6.45. The van der Waals surface area contributed by atoms with Gasteiger partial charge in [-0.25, -0.2) is 4.79 Å². The minimum atomic E-state index is -1.27. The van der Waals surface area contributed by atoms with E-state index in [-0.39, 0.29) is 5.91 Å².